The van der Waals surface area contributed by atoms with E-state index in [1.807, 2.05) is 41.4 Å². The molecule has 0 N–H and O–H groups in total. The lowest BCUT2D eigenvalue weighted by Crippen LogP contribution is -2.43. The molecule has 0 heterocycles. The summed E-state index contributed by atoms with van der Waals surface area (Å²) in [5.41, 5.74) is 2.87. The molecule has 0 spiro atoms. The van der Waals surface area contributed by atoms with Crippen LogP contribution in [0.25, 0.3) is 0 Å². The van der Waals surface area contributed by atoms with Gasteiger partial charge in [0.05, 0.1) is 0 Å². The average Bonchev–Trinajstić information content (AvgIpc) is 2.54. The van der Waals surface area contributed by atoms with Crippen molar-refractivity contribution in [2.75, 3.05) is 7.05 Å². The molecular formula is C19H22N2O. The van der Waals surface area contributed by atoms with E-state index in [1.165, 1.54) is 11.1 Å². The van der Waals surface area contributed by atoms with E-state index in [1.54, 1.807) is 19.0 Å². The fourth-order valence-electron chi connectivity index (χ4n) is 2.26. The normalized spacial score (nSPS) is 10.5. The zero-order valence-corrected chi connectivity index (χ0v) is 13.2. The van der Waals surface area contributed by atoms with Crippen LogP contribution in [0.5, 0.6) is 0 Å². The molecule has 0 aliphatic carbocycles. The molecule has 0 aliphatic heterocycles. The summed E-state index contributed by atoms with van der Waals surface area (Å²) < 4.78 is 0. The molecule has 0 bridgehead atoms. The highest BCUT2D eigenvalue weighted by Crippen LogP contribution is 2.13. The number of carbonyl (C=O) groups is 1. The highest BCUT2D eigenvalue weighted by Gasteiger charge is 2.18. The van der Waals surface area contributed by atoms with E-state index >= 15 is 0 Å². The molecular weight excluding hydrogens is 272 g/mol. The fourth-order valence-corrected chi connectivity index (χ4v) is 2.26. The number of rotatable bonds is 6. The van der Waals surface area contributed by atoms with Crippen molar-refractivity contribution in [1.82, 2.24) is 10.0 Å². The Balaban J connectivity index is 2.20. The smallest absolute Gasteiger partial charge is 0.262 e. The van der Waals surface area contributed by atoms with Crippen molar-refractivity contribution in [3.05, 3.63) is 83.9 Å². The number of nitrogens with zero attached hydrogens (tertiary/aromatic N) is 2. The number of benzene rings is 2. The topological polar surface area (TPSA) is 23.6 Å². The third-order valence-electron chi connectivity index (χ3n) is 3.50. The Morgan fingerprint density at radius 3 is 1.68 bits per heavy atom. The van der Waals surface area contributed by atoms with E-state index < -0.39 is 0 Å². The Bertz CT molecular complexity index is 581. The Kier molecular flexibility index (Phi) is 5.50. The minimum Gasteiger partial charge on any atom is -0.274 e. The molecule has 0 unspecified atom stereocenters. The summed E-state index contributed by atoms with van der Waals surface area (Å²) >= 11 is 0. The first-order valence-electron chi connectivity index (χ1n) is 7.34. The van der Waals surface area contributed by atoms with Crippen LogP contribution in [0, 0.1) is 0 Å². The molecule has 2 rings (SSSR count). The fraction of sp³-hybridized carbons (Fsp3) is 0.211. The molecule has 2 aromatic carbocycles. The van der Waals surface area contributed by atoms with Gasteiger partial charge in [-0.2, -0.15) is 0 Å². The van der Waals surface area contributed by atoms with Crippen LogP contribution in [0.15, 0.2) is 72.8 Å². The zero-order chi connectivity index (χ0) is 15.9. The maximum absolute atomic E-state index is 12.2. The van der Waals surface area contributed by atoms with E-state index in [9.17, 15) is 4.79 Å². The summed E-state index contributed by atoms with van der Waals surface area (Å²) in [6.07, 6.45) is 0. The summed E-state index contributed by atoms with van der Waals surface area (Å²) in [7, 11) is 1.79. The first-order valence-corrected chi connectivity index (χ1v) is 7.34. The van der Waals surface area contributed by atoms with Crippen LogP contribution in [0.1, 0.15) is 18.1 Å². The van der Waals surface area contributed by atoms with Crippen LogP contribution in [-0.2, 0) is 17.9 Å². The largest absolute Gasteiger partial charge is 0.274 e. The van der Waals surface area contributed by atoms with Crippen LogP contribution in [-0.4, -0.2) is 23.0 Å². The van der Waals surface area contributed by atoms with Crippen molar-refractivity contribution in [3.63, 3.8) is 0 Å². The van der Waals surface area contributed by atoms with Gasteiger partial charge in [0.15, 0.2) is 0 Å². The minimum absolute atomic E-state index is 0.0631. The van der Waals surface area contributed by atoms with Gasteiger partial charge in [-0.05, 0) is 18.1 Å². The highest BCUT2D eigenvalue weighted by molar-refractivity contribution is 5.91. The quantitative estimate of drug-likeness (QED) is 0.600. The number of hydrogen-bond acceptors (Lipinski definition) is 2. The molecule has 0 fully saturated rings. The van der Waals surface area contributed by atoms with Crippen molar-refractivity contribution < 1.29 is 4.79 Å². The molecule has 22 heavy (non-hydrogen) atoms. The van der Waals surface area contributed by atoms with Gasteiger partial charge in [0.2, 0.25) is 0 Å². The van der Waals surface area contributed by atoms with E-state index in [-0.39, 0.29) is 5.91 Å². The number of hydrogen-bond donors (Lipinski definition) is 0. The lowest BCUT2D eigenvalue weighted by Gasteiger charge is -2.32. The molecule has 3 nitrogen and oxygen atoms in total. The van der Waals surface area contributed by atoms with Gasteiger partial charge in [0.25, 0.3) is 5.91 Å². The third-order valence-corrected chi connectivity index (χ3v) is 3.50. The molecule has 0 radical (unpaired) electrons. The first-order chi connectivity index (χ1) is 10.6. The van der Waals surface area contributed by atoms with Gasteiger partial charge in [-0.15, -0.1) is 0 Å². The molecule has 2 aromatic rings. The van der Waals surface area contributed by atoms with Crippen molar-refractivity contribution >= 4 is 5.91 Å². The second-order valence-corrected chi connectivity index (χ2v) is 5.40. The Morgan fingerprint density at radius 1 is 0.909 bits per heavy atom. The van der Waals surface area contributed by atoms with Gasteiger partial charge in [-0.25, -0.2) is 5.01 Å². The summed E-state index contributed by atoms with van der Waals surface area (Å²) in [6.45, 7) is 6.84. The van der Waals surface area contributed by atoms with Crippen LogP contribution in [0.2, 0.25) is 0 Å². The lowest BCUT2D eigenvalue weighted by molar-refractivity contribution is -0.143. The highest BCUT2D eigenvalue weighted by atomic mass is 16.2. The maximum Gasteiger partial charge on any atom is 0.262 e. The monoisotopic (exact) mass is 294 g/mol. The van der Waals surface area contributed by atoms with E-state index in [0.29, 0.717) is 18.7 Å². The van der Waals surface area contributed by atoms with Crippen molar-refractivity contribution in [3.8, 4) is 0 Å². The van der Waals surface area contributed by atoms with Gasteiger partial charge in [0, 0.05) is 25.7 Å². The van der Waals surface area contributed by atoms with Gasteiger partial charge in [-0.3, -0.25) is 9.80 Å². The molecule has 114 valence electrons. The summed E-state index contributed by atoms with van der Waals surface area (Å²) in [6, 6.07) is 20.3. The van der Waals surface area contributed by atoms with Crippen LogP contribution in [0.3, 0.4) is 0 Å². The summed E-state index contributed by atoms with van der Waals surface area (Å²) in [5, 5.41) is 3.68. The van der Waals surface area contributed by atoms with Gasteiger partial charge in [-0.1, -0.05) is 67.2 Å². The molecule has 0 aliphatic rings. The third kappa shape index (κ3) is 4.30. The zero-order valence-electron chi connectivity index (χ0n) is 13.2. The second-order valence-electron chi connectivity index (χ2n) is 5.40. The van der Waals surface area contributed by atoms with E-state index in [0.717, 1.165) is 0 Å². The number of amides is 1. The Labute approximate surface area is 132 Å². The molecule has 0 saturated heterocycles. The number of likely N-dealkylation sites (N-methyl/N-ethyl adjacent to an activating group) is 1. The van der Waals surface area contributed by atoms with Crippen molar-refractivity contribution in [2.45, 2.75) is 20.0 Å². The van der Waals surface area contributed by atoms with E-state index in [2.05, 4.69) is 30.8 Å². The standard InChI is InChI=1S/C19H22N2O/c1-16(2)19(22)20(3)21(14-17-10-6-4-7-11-17)15-18-12-8-5-9-13-18/h4-13H,1,14-15H2,2-3H3. The van der Waals surface area contributed by atoms with Gasteiger partial charge < -0.3 is 0 Å². The Hall–Kier alpha value is -2.39. The summed E-state index contributed by atoms with van der Waals surface area (Å²) in [5.74, 6) is -0.0631. The SMILES string of the molecule is C=C(C)C(=O)N(C)N(Cc1ccccc1)Cc1ccccc1. The average molecular weight is 294 g/mol. The van der Waals surface area contributed by atoms with E-state index in [4.69, 9.17) is 0 Å². The van der Waals surface area contributed by atoms with Crippen molar-refractivity contribution in [1.29, 1.82) is 0 Å². The van der Waals surface area contributed by atoms with Crippen LogP contribution in [0.4, 0.5) is 0 Å². The van der Waals surface area contributed by atoms with Gasteiger partial charge in [0.1, 0.15) is 0 Å². The number of hydrazine groups is 1. The molecule has 0 saturated carbocycles. The molecule has 3 heteroatoms. The molecule has 1 amide bonds. The predicted molar refractivity (Wildman–Crippen MR) is 89.7 cm³/mol. The van der Waals surface area contributed by atoms with Gasteiger partial charge >= 0.3 is 0 Å². The molecule has 0 aromatic heterocycles. The second kappa shape index (κ2) is 7.57. The maximum atomic E-state index is 12.2. The van der Waals surface area contributed by atoms with Crippen LogP contribution >= 0.6 is 0 Å². The minimum atomic E-state index is -0.0631. The Morgan fingerprint density at radius 2 is 1.32 bits per heavy atom. The lowest BCUT2D eigenvalue weighted by atomic mass is 10.2. The first kappa shape index (κ1) is 16.0. The summed E-state index contributed by atoms with van der Waals surface area (Å²) in [4.78, 5) is 12.2. The number of carbonyl (C=O) groups excluding carboxylic acids is 1. The molecule has 0 atom stereocenters. The predicted octanol–water partition coefficient (Wildman–Crippen LogP) is 3.64. The van der Waals surface area contributed by atoms with Crippen molar-refractivity contribution in [2.24, 2.45) is 0 Å². The van der Waals surface area contributed by atoms with Crippen LogP contribution < -0.4 is 0 Å².